The van der Waals surface area contributed by atoms with Crippen molar-refractivity contribution in [3.63, 3.8) is 0 Å². The molecule has 2 N–H and O–H groups in total. The molecule has 3 rings (SSSR count). The first-order chi connectivity index (χ1) is 19.1. The number of amides is 2. The van der Waals surface area contributed by atoms with E-state index < -0.39 is 27.7 Å². The number of nitrogens with zero attached hydrogens (tertiary/aromatic N) is 2. The van der Waals surface area contributed by atoms with Crippen molar-refractivity contribution in [3.05, 3.63) is 70.7 Å². The fraction of sp³-hybridized carbons (Fsp3) is 0.393. The van der Waals surface area contributed by atoms with Gasteiger partial charge in [-0.1, -0.05) is 17.9 Å². The first-order valence-electron chi connectivity index (χ1n) is 12.9. The van der Waals surface area contributed by atoms with Crippen molar-refractivity contribution in [1.82, 2.24) is 9.62 Å². The van der Waals surface area contributed by atoms with Gasteiger partial charge in [0, 0.05) is 43.1 Å². The van der Waals surface area contributed by atoms with Crippen LogP contribution in [0.1, 0.15) is 42.9 Å². The standard InChI is InChI=1S/C28H33F2N3O6S/c1-20-17-27(33(14-15-34)21(2)35)25(29)19-22(20)11-16-40(37,38)32-12-5-3-4-9-26(31-28(36)10-13-32)23-7-6-8-24(18-23)39-30/h4,6-8,17-19,34H,3,5,10-16H2,1-2H3,(H,31,36). The van der Waals surface area contributed by atoms with Crippen molar-refractivity contribution < 1.29 is 37.0 Å². The topological polar surface area (TPSA) is 116 Å². The van der Waals surface area contributed by atoms with Crippen LogP contribution in [0.2, 0.25) is 0 Å². The number of aliphatic hydroxyl groups is 1. The molecule has 0 saturated carbocycles. The Morgan fingerprint density at radius 2 is 2.02 bits per heavy atom. The van der Waals surface area contributed by atoms with Crippen LogP contribution < -0.4 is 15.2 Å². The van der Waals surface area contributed by atoms with Gasteiger partial charge in [0.15, 0.2) is 5.75 Å². The van der Waals surface area contributed by atoms with E-state index in [0.717, 1.165) is 4.90 Å². The second-order valence-corrected chi connectivity index (χ2v) is 11.4. The predicted molar refractivity (Wildman–Crippen MR) is 147 cm³/mol. The largest absolute Gasteiger partial charge is 0.395 e. The van der Waals surface area contributed by atoms with Gasteiger partial charge in [-0.05, 0) is 67.7 Å². The van der Waals surface area contributed by atoms with Gasteiger partial charge >= 0.3 is 0 Å². The van der Waals surface area contributed by atoms with Crippen LogP contribution >= 0.6 is 0 Å². The van der Waals surface area contributed by atoms with Gasteiger partial charge in [-0.15, -0.1) is 0 Å². The number of allylic oxidation sites excluding steroid dienone is 1. The molecule has 1 aliphatic heterocycles. The van der Waals surface area contributed by atoms with Crippen molar-refractivity contribution in [2.45, 2.75) is 39.5 Å². The van der Waals surface area contributed by atoms with E-state index >= 15 is 0 Å². The average molecular weight is 578 g/mol. The molecule has 0 bridgehead atoms. The Morgan fingerprint density at radius 1 is 1.25 bits per heavy atom. The molecular formula is C28H33F2N3O6S. The van der Waals surface area contributed by atoms with Crippen LogP contribution in [0, 0.1) is 12.7 Å². The molecule has 216 valence electrons. The Balaban J connectivity index is 1.70. The number of aliphatic hydroxyl groups excluding tert-OH is 1. The van der Waals surface area contributed by atoms with E-state index in [-0.39, 0.29) is 56.3 Å². The third kappa shape index (κ3) is 8.22. The zero-order chi connectivity index (χ0) is 29.3. The summed E-state index contributed by atoms with van der Waals surface area (Å²) in [4.78, 5) is 29.4. The van der Waals surface area contributed by atoms with Crippen molar-refractivity contribution in [2.24, 2.45) is 0 Å². The van der Waals surface area contributed by atoms with Crippen LogP contribution in [0.15, 0.2) is 48.2 Å². The summed E-state index contributed by atoms with van der Waals surface area (Å²) >= 11 is 0. The molecule has 2 aromatic rings. The molecule has 0 saturated heterocycles. The van der Waals surface area contributed by atoms with E-state index in [2.05, 4.69) is 16.0 Å². The first-order valence-corrected chi connectivity index (χ1v) is 14.5. The molecule has 2 aromatic carbocycles. The summed E-state index contributed by atoms with van der Waals surface area (Å²) in [6.07, 6.45) is 2.57. The van der Waals surface area contributed by atoms with Gasteiger partial charge in [0.05, 0.1) is 23.7 Å². The van der Waals surface area contributed by atoms with E-state index in [1.165, 1.54) is 35.5 Å². The Labute approximate surface area is 232 Å². The molecule has 9 nitrogen and oxygen atoms in total. The second-order valence-electron chi connectivity index (χ2n) is 9.36. The molecule has 1 aliphatic rings. The molecule has 2 amide bonds. The van der Waals surface area contributed by atoms with E-state index in [9.17, 15) is 32.0 Å². The van der Waals surface area contributed by atoms with Crippen molar-refractivity contribution in [3.8, 4) is 5.75 Å². The van der Waals surface area contributed by atoms with Crippen molar-refractivity contribution >= 4 is 33.2 Å². The maximum absolute atomic E-state index is 14.9. The summed E-state index contributed by atoms with van der Waals surface area (Å²) in [5.41, 5.74) is 4.91. The van der Waals surface area contributed by atoms with Crippen LogP contribution in [0.3, 0.4) is 0 Å². The van der Waals surface area contributed by atoms with Crippen LogP contribution in [0.25, 0.3) is 5.70 Å². The molecule has 40 heavy (non-hydrogen) atoms. The minimum atomic E-state index is -3.80. The Morgan fingerprint density at radius 3 is 2.73 bits per heavy atom. The summed E-state index contributed by atoms with van der Waals surface area (Å²) in [6, 6.07) is 8.75. The molecule has 0 fully saturated rings. The van der Waals surface area contributed by atoms with Crippen molar-refractivity contribution in [1.29, 1.82) is 0 Å². The number of hydrogen-bond donors (Lipinski definition) is 2. The summed E-state index contributed by atoms with van der Waals surface area (Å²) in [6.45, 7) is 2.72. The van der Waals surface area contributed by atoms with Crippen molar-refractivity contribution in [2.75, 3.05) is 36.9 Å². The molecule has 0 spiro atoms. The fourth-order valence-electron chi connectivity index (χ4n) is 4.35. The van der Waals surface area contributed by atoms with Crippen LogP contribution in [-0.2, 0) is 26.0 Å². The number of aryl methyl sites for hydroxylation is 2. The minimum Gasteiger partial charge on any atom is -0.395 e. The molecule has 0 aromatic heterocycles. The third-order valence-electron chi connectivity index (χ3n) is 6.49. The monoisotopic (exact) mass is 577 g/mol. The lowest BCUT2D eigenvalue weighted by atomic mass is 10.0. The molecule has 12 heteroatoms. The summed E-state index contributed by atoms with van der Waals surface area (Å²) in [5.74, 6) is -1.87. The van der Waals surface area contributed by atoms with Gasteiger partial charge in [-0.25, -0.2) is 17.1 Å². The lowest BCUT2D eigenvalue weighted by Crippen LogP contribution is -2.37. The smallest absolute Gasteiger partial charge is 0.226 e. The van der Waals surface area contributed by atoms with E-state index in [1.807, 2.05) is 0 Å². The number of rotatable bonds is 9. The quantitative estimate of drug-likeness (QED) is 0.442. The van der Waals surface area contributed by atoms with Gasteiger partial charge in [0.25, 0.3) is 0 Å². The molecular weight excluding hydrogens is 544 g/mol. The van der Waals surface area contributed by atoms with E-state index in [4.69, 9.17) is 0 Å². The van der Waals surface area contributed by atoms with Gasteiger partial charge in [-0.2, -0.15) is 0 Å². The Hall–Kier alpha value is -3.57. The average Bonchev–Trinajstić information content (AvgIpc) is 2.96. The van der Waals surface area contributed by atoms with Gasteiger partial charge in [0.1, 0.15) is 5.82 Å². The Bertz CT molecular complexity index is 1410. The highest BCUT2D eigenvalue weighted by Crippen LogP contribution is 2.25. The number of sulfonamides is 1. The Kier molecular flexibility index (Phi) is 11.0. The first kappa shape index (κ1) is 31.0. The molecule has 0 unspecified atom stereocenters. The zero-order valence-electron chi connectivity index (χ0n) is 22.5. The number of benzene rings is 2. The highest BCUT2D eigenvalue weighted by atomic mass is 32.2. The van der Waals surface area contributed by atoms with Gasteiger partial charge in [0.2, 0.25) is 21.8 Å². The molecule has 0 atom stereocenters. The number of hydrogen-bond acceptors (Lipinski definition) is 6. The maximum Gasteiger partial charge on any atom is 0.226 e. The van der Waals surface area contributed by atoms with Crippen LogP contribution in [-0.4, -0.2) is 61.6 Å². The van der Waals surface area contributed by atoms with Gasteiger partial charge < -0.3 is 15.3 Å². The summed E-state index contributed by atoms with van der Waals surface area (Å²) < 4.78 is 55.3. The normalized spacial score (nSPS) is 15.1. The van der Waals surface area contributed by atoms with E-state index in [0.29, 0.717) is 35.2 Å². The molecule has 0 aliphatic carbocycles. The maximum atomic E-state index is 14.9. The predicted octanol–water partition coefficient (Wildman–Crippen LogP) is 3.41. The van der Waals surface area contributed by atoms with Crippen LogP contribution in [0.5, 0.6) is 5.75 Å². The highest BCUT2D eigenvalue weighted by molar-refractivity contribution is 7.89. The number of halogens is 2. The van der Waals surface area contributed by atoms with Crippen LogP contribution in [0.4, 0.5) is 14.6 Å². The summed E-state index contributed by atoms with van der Waals surface area (Å²) in [5, 5.41) is 11.9. The van der Waals surface area contributed by atoms with E-state index in [1.54, 1.807) is 25.1 Å². The second kappa shape index (κ2) is 14.2. The fourth-order valence-corrected chi connectivity index (χ4v) is 5.87. The number of nitrogens with one attached hydrogen (secondary N) is 1. The lowest BCUT2D eigenvalue weighted by molar-refractivity contribution is -0.120. The number of anilines is 1. The minimum absolute atomic E-state index is 0.0220. The number of carbonyl (C=O) groups is 2. The zero-order valence-corrected chi connectivity index (χ0v) is 23.3. The molecule has 1 heterocycles. The summed E-state index contributed by atoms with van der Waals surface area (Å²) in [7, 11) is -3.80. The van der Waals surface area contributed by atoms with Gasteiger partial charge in [-0.3, -0.25) is 14.5 Å². The lowest BCUT2D eigenvalue weighted by Gasteiger charge is -2.23. The SMILES string of the molecule is CC(=O)N(CCO)c1cc(C)c(CCS(=O)(=O)N2CCCC=C=C(c3cccc(OF)c3)NC(=O)CC2)cc1F. The number of carbonyl (C=O) groups excluding carboxylic acids is 2. The third-order valence-corrected chi connectivity index (χ3v) is 8.36. The highest BCUT2D eigenvalue weighted by Gasteiger charge is 2.24. The molecule has 0 radical (unpaired) electrons.